The molecule has 6 rings (SSSR count). The number of methoxy groups -OCH3 is 2. The zero-order valence-electron chi connectivity index (χ0n) is 34.9. The second kappa shape index (κ2) is 16.0. The first-order valence-electron chi connectivity index (χ1n) is 19.3. The van der Waals surface area contributed by atoms with Crippen LogP contribution in [0.25, 0.3) is 11.2 Å². The number of ether oxygens (including phenoxy) is 3. The summed E-state index contributed by atoms with van der Waals surface area (Å²) >= 11 is 3.82. The van der Waals surface area contributed by atoms with Gasteiger partial charge in [-0.2, -0.15) is 0 Å². The van der Waals surface area contributed by atoms with Crippen molar-refractivity contribution in [3.8, 4) is 11.5 Å². The number of nitrogens with zero attached hydrogens (tertiary/aromatic N) is 4. The molecule has 3 atom stereocenters. The van der Waals surface area contributed by atoms with Crippen LogP contribution >= 0.6 is 15.9 Å². The fourth-order valence-electron chi connectivity index (χ4n) is 6.69. The quantitative estimate of drug-likeness (QED) is 0.0704. The molecule has 1 aliphatic rings. The Morgan fingerprint density at radius 2 is 1.30 bits per heavy atom. The van der Waals surface area contributed by atoms with Crippen LogP contribution in [0.3, 0.4) is 0 Å². The van der Waals surface area contributed by atoms with Crippen LogP contribution in [-0.4, -0.2) is 69.2 Å². The molecule has 13 heteroatoms. The van der Waals surface area contributed by atoms with Gasteiger partial charge < -0.3 is 28.4 Å². The summed E-state index contributed by atoms with van der Waals surface area (Å²) in [6, 6.07) is 26.6. The molecule has 56 heavy (non-hydrogen) atoms. The van der Waals surface area contributed by atoms with Gasteiger partial charge in [0.15, 0.2) is 38.4 Å². The molecule has 0 saturated carbocycles. The van der Waals surface area contributed by atoms with Crippen LogP contribution < -0.4 is 14.8 Å². The minimum atomic E-state index is -2.16. The zero-order valence-corrected chi connectivity index (χ0v) is 38.5. The van der Waals surface area contributed by atoms with Gasteiger partial charge in [0.25, 0.3) is 0 Å². The number of hydrogen-bond donors (Lipinski definition) is 1. The first kappa shape index (κ1) is 42.0. The highest BCUT2D eigenvalue weighted by atomic mass is 79.9. The first-order chi connectivity index (χ1) is 26.3. The molecule has 0 radical (unpaired) electrons. The minimum absolute atomic E-state index is 0.0328. The standard InChI is InChI=1S/C43H58BrN5O5Si2/c1-41(2,3)55(9,10)52-27-35-34(54-56(11,12)42(4,5)6)26-36(53-35)49-39-37(47-40(49)44)38(45-28-46-39)48-43(29-16-14-13-15-17-29,30-18-22-32(50-7)23-19-30)31-20-24-33(51-8)25-21-31/h13-25,28,34-36H,26-27H2,1-12H3,(H,45,46,48)/t34-,35+,36+/m0/s1. The Bertz CT molecular complexity index is 2050. The maximum absolute atomic E-state index is 7.11. The highest BCUT2D eigenvalue weighted by Crippen LogP contribution is 2.45. The number of hydrogen-bond acceptors (Lipinski definition) is 9. The Morgan fingerprint density at radius 1 is 0.768 bits per heavy atom. The van der Waals surface area contributed by atoms with E-state index in [1.54, 1.807) is 20.5 Å². The van der Waals surface area contributed by atoms with Crippen molar-refractivity contribution in [2.24, 2.45) is 0 Å². The predicted molar refractivity (Wildman–Crippen MR) is 233 cm³/mol. The summed E-state index contributed by atoms with van der Waals surface area (Å²) in [4.78, 5) is 14.8. The Hall–Kier alpha value is -3.60. The minimum Gasteiger partial charge on any atom is -0.497 e. The monoisotopic (exact) mass is 859 g/mol. The molecule has 10 nitrogen and oxygen atoms in total. The molecule has 0 unspecified atom stereocenters. The number of rotatable bonds is 13. The molecule has 0 aliphatic carbocycles. The summed E-state index contributed by atoms with van der Waals surface area (Å²) < 4.78 is 34.6. The topological polar surface area (TPSA) is 102 Å². The van der Waals surface area contributed by atoms with E-state index in [4.69, 9.17) is 38.0 Å². The second-order valence-corrected chi connectivity index (χ2v) is 28.0. The van der Waals surface area contributed by atoms with Crippen LogP contribution in [0, 0.1) is 0 Å². The SMILES string of the molecule is COc1ccc(C(Nc2ncnc3c2nc(Br)n3[C@H]2C[C@H](O[Si](C)(C)C(C)(C)C)[C@@H](CO[Si](C)(C)C(C)(C)C)O2)(c2ccccc2)c2ccc(OC)cc2)cc1. The maximum Gasteiger partial charge on any atom is 0.192 e. The van der Waals surface area contributed by atoms with Crippen LogP contribution in [0.1, 0.15) is 70.9 Å². The van der Waals surface area contributed by atoms with Crippen molar-refractivity contribution in [3.05, 3.63) is 107 Å². The molecule has 5 aromatic rings. The van der Waals surface area contributed by atoms with E-state index in [0.29, 0.717) is 34.7 Å². The van der Waals surface area contributed by atoms with Gasteiger partial charge in [-0.05, 0) is 93.2 Å². The van der Waals surface area contributed by atoms with Gasteiger partial charge in [0.2, 0.25) is 0 Å². The number of aromatic nitrogens is 4. The zero-order chi connectivity index (χ0) is 40.7. The molecule has 1 N–H and O–H groups in total. The van der Waals surface area contributed by atoms with Crippen LogP contribution in [-0.2, 0) is 19.1 Å². The van der Waals surface area contributed by atoms with Gasteiger partial charge in [-0.1, -0.05) is 96.1 Å². The number of fused-ring (bicyclic) bond motifs is 1. The van der Waals surface area contributed by atoms with E-state index >= 15 is 0 Å². The van der Waals surface area contributed by atoms with Crippen molar-refractivity contribution in [2.45, 2.75) is 108 Å². The highest BCUT2D eigenvalue weighted by Gasteiger charge is 2.47. The molecular formula is C43H58BrN5O5Si2. The Labute approximate surface area is 343 Å². The summed E-state index contributed by atoms with van der Waals surface area (Å²) in [5.74, 6) is 2.09. The Morgan fingerprint density at radius 3 is 1.82 bits per heavy atom. The number of imidazole rings is 1. The Balaban J connectivity index is 1.45. The summed E-state index contributed by atoms with van der Waals surface area (Å²) in [5.41, 5.74) is 3.31. The largest absolute Gasteiger partial charge is 0.497 e. The number of anilines is 1. The molecule has 2 aromatic heterocycles. The van der Waals surface area contributed by atoms with E-state index in [1.807, 2.05) is 47.0 Å². The van der Waals surface area contributed by atoms with Gasteiger partial charge in [-0.25, -0.2) is 15.0 Å². The normalized spacial score (nSPS) is 18.3. The third kappa shape index (κ3) is 8.21. The van der Waals surface area contributed by atoms with Crippen LogP contribution in [0.4, 0.5) is 5.82 Å². The lowest BCUT2D eigenvalue weighted by Crippen LogP contribution is -2.48. The van der Waals surface area contributed by atoms with Gasteiger partial charge >= 0.3 is 0 Å². The van der Waals surface area contributed by atoms with Gasteiger partial charge in [-0.3, -0.25) is 4.57 Å². The van der Waals surface area contributed by atoms with Crippen molar-refractivity contribution in [3.63, 3.8) is 0 Å². The Kier molecular flexibility index (Phi) is 12.0. The molecule has 3 heterocycles. The smallest absolute Gasteiger partial charge is 0.192 e. The van der Waals surface area contributed by atoms with Crippen molar-refractivity contribution in [1.82, 2.24) is 19.5 Å². The van der Waals surface area contributed by atoms with E-state index in [9.17, 15) is 0 Å². The molecule has 0 spiro atoms. The summed E-state index contributed by atoms with van der Waals surface area (Å²) in [6.07, 6.45) is 1.39. The summed E-state index contributed by atoms with van der Waals surface area (Å²) in [7, 11) is -0.877. The van der Waals surface area contributed by atoms with Gasteiger partial charge in [-0.15, -0.1) is 0 Å². The van der Waals surface area contributed by atoms with E-state index < -0.39 is 28.4 Å². The molecule has 0 bridgehead atoms. The van der Waals surface area contributed by atoms with Crippen LogP contribution in [0.5, 0.6) is 11.5 Å². The van der Waals surface area contributed by atoms with Crippen molar-refractivity contribution in [1.29, 1.82) is 0 Å². The fourth-order valence-corrected chi connectivity index (χ4v) is 9.63. The summed E-state index contributed by atoms with van der Waals surface area (Å²) in [6.45, 7) is 23.2. The van der Waals surface area contributed by atoms with Crippen LogP contribution in [0.2, 0.25) is 36.3 Å². The predicted octanol–water partition coefficient (Wildman–Crippen LogP) is 10.7. The number of nitrogens with one attached hydrogen (secondary N) is 1. The van der Waals surface area contributed by atoms with E-state index in [2.05, 4.69) is 125 Å². The number of halogens is 1. The van der Waals surface area contributed by atoms with Gasteiger partial charge in [0, 0.05) is 6.42 Å². The lowest BCUT2D eigenvalue weighted by molar-refractivity contribution is -0.0391. The third-order valence-corrected chi connectivity index (χ3v) is 21.7. The lowest BCUT2D eigenvalue weighted by atomic mass is 9.77. The molecule has 3 aromatic carbocycles. The highest BCUT2D eigenvalue weighted by molar-refractivity contribution is 9.10. The second-order valence-electron chi connectivity index (χ2n) is 17.7. The number of benzene rings is 3. The van der Waals surface area contributed by atoms with Crippen LogP contribution in [0.15, 0.2) is 89.9 Å². The average molecular weight is 861 g/mol. The molecular weight excluding hydrogens is 803 g/mol. The first-order valence-corrected chi connectivity index (χ1v) is 25.9. The average Bonchev–Trinajstić information content (AvgIpc) is 3.71. The summed E-state index contributed by atoms with van der Waals surface area (Å²) in [5, 5.41) is 4.00. The van der Waals surface area contributed by atoms with E-state index in [-0.39, 0.29) is 22.3 Å². The van der Waals surface area contributed by atoms with Crippen molar-refractivity contribution >= 4 is 49.5 Å². The molecule has 1 saturated heterocycles. The van der Waals surface area contributed by atoms with Gasteiger partial charge in [0.05, 0.1) is 26.9 Å². The molecule has 1 fully saturated rings. The third-order valence-electron chi connectivity index (χ3n) is 12.1. The van der Waals surface area contributed by atoms with Crippen molar-refractivity contribution in [2.75, 3.05) is 26.1 Å². The maximum atomic E-state index is 7.11. The fraction of sp³-hybridized carbons (Fsp3) is 0.465. The van der Waals surface area contributed by atoms with E-state index in [1.165, 1.54) is 0 Å². The molecule has 1 aliphatic heterocycles. The lowest BCUT2D eigenvalue weighted by Gasteiger charge is -2.40. The van der Waals surface area contributed by atoms with Gasteiger partial charge in [0.1, 0.15) is 35.7 Å². The molecule has 300 valence electrons. The van der Waals surface area contributed by atoms with E-state index in [0.717, 1.165) is 28.2 Å². The molecule has 0 amide bonds. The van der Waals surface area contributed by atoms with Crippen molar-refractivity contribution < 1.29 is 23.1 Å².